The van der Waals surface area contributed by atoms with E-state index in [0.29, 0.717) is 54.1 Å². The van der Waals surface area contributed by atoms with E-state index in [2.05, 4.69) is 242 Å². The second-order valence-electron chi connectivity index (χ2n) is 66.0. The predicted octanol–water partition coefficient (Wildman–Crippen LogP) is 42.1. The highest BCUT2D eigenvalue weighted by Crippen LogP contribution is 3.07. The van der Waals surface area contributed by atoms with Gasteiger partial charge in [0.1, 0.15) is 0 Å². The monoisotopic (exact) mass is 1780 g/mol. The van der Waals surface area contributed by atoms with Gasteiger partial charge in [-0.2, -0.15) is 0 Å². The molecule has 28 fully saturated rings. The Hall–Kier alpha value is 0. The highest BCUT2D eigenvalue weighted by Gasteiger charge is 3.03. The standard InChI is InChI=1S/C16H28.C16H30.C15H26.C13H18.C10H18.C9H16.3C8H14.5C5H12/c1-15(2,3)4-5-16-9-12-6-13(10-16)8-14(7-12)11-16;1-11-12(7-8-15(2,3)4)9-13-10-14(11)16(13,5)6;1-14(2,3)10-15-7-11-4-12(8-15)6-13(5-11)9-15;1-12(2,3)4-13-9-6-5-7(9)11(13)8(5)10(6)13;1-2-5-9-7-4-8-10(9)6-3-1;1-2-6-9(5-1)7-3-4-8-9;1-2-7-4-5-8(3-1)6-7;1-2-4-8-5-7(3-1)6-8;1-2-4-8-6-5-7(8)3-1;5*1-5(2,3)4/h12-14H,4-11H2,1-3H3;11-14H,7-10H2,1-6H3;11-13H,4-10H2,1-3H3;5-11H,4H2,1-3H3;9-10H,1-8H2;1-8H2;3*7-8H,1-6H2;5*1-4H3. The number of hydrogen-bond acceptors (Lipinski definition) is 0. The Kier molecular flexibility index (Phi) is 38.2. The molecule has 0 amide bonds. The molecule has 0 aromatic rings. The van der Waals surface area contributed by atoms with Crippen molar-refractivity contribution in [3.8, 4) is 0 Å². The van der Waals surface area contributed by atoms with Crippen molar-refractivity contribution in [3.63, 3.8) is 0 Å². The van der Waals surface area contributed by atoms with Crippen molar-refractivity contribution in [2.24, 2.45) is 224 Å². The average molecular weight is 1780 g/mol. The van der Waals surface area contributed by atoms with Crippen molar-refractivity contribution in [2.45, 2.75) is 589 Å². The van der Waals surface area contributed by atoms with Gasteiger partial charge in [0.05, 0.1) is 0 Å². The van der Waals surface area contributed by atoms with Crippen molar-refractivity contribution < 1.29 is 0 Å². The molecule has 0 aliphatic heterocycles. The fraction of sp³-hybridized carbons (Fsp3) is 1.00. The molecule has 0 saturated heterocycles. The van der Waals surface area contributed by atoms with Crippen LogP contribution in [0.25, 0.3) is 0 Å². The van der Waals surface area contributed by atoms with Gasteiger partial charge in [-0.05, 0) is 410 Å². The van der Waals surface area contributed by atoms with Crippen molar-refractivity contribution in [3.05, 3.63) is 0 Å². The van der Waals surface area contributed by atoms with Gasteiger partial charge < -0.3 is 0 Å². The molecule has 0 heteroatoms. The summed E-state index contributed by atoms with van der Waals surface area (Å²) < 4.78 is 0. The third-order valence-corrected chi connectivity index (χ3v) is 38.4. The Morgan fingerprint density at radius 3 is 0.844 bits per heavy atom. The minimum absolute atomic E-state index is 0.500. The molecule has 10 atom stereocenters. The van der Waals surface area contributed by atoms with Crippen LogP contribution in [-0.2, 0) is 0 Å². The lowest BCUT2D eigenvalue weighted by molar-refractivity contribution is -0.618. The maximum atomic E-state index is 2.52. The van der Waals surface area contributed by atoms with Crippen LogP contribution in [0.1, 0.15) is 589 Å². The zero-order chi connectivity index (χ0) is 94.6. The minimum Gasteiger partial charge on any atom is -0.0620 e. The van der Waals surface area contributed by atoms with Gasteiger partial charge in [-0.25, -0.2) is 0 Å². The SMILES string of the molecule is C1CC2CCC(C1)C2.C1CCC2(C1)CCCC2.C1CCC2CC(C1)C2.C1CCC2CCC2C1.C1CCC2CCCC2CC1.CC(C)(C)C.CC(C)(C)C.CC(C)(C)C.CC(C)(C)C.CC(C)(C)C.CC(C)(C)CC12C3C4C5C3C1C5C42.CC(C)(C)CC12CC3CC(CC(C3)C1)C2.CC(C)(C)CCC12CC3CC(CC(C3)C1)C2.CC1C(CCC(C)(C)C)CC2CC1C2(C)C. The summed E-state index contributed by atoms with van der Waals surface area (Å²) in [4.78, 5) is 0. The van der Waals surface area contributed by atoms with Gasteiger partial charge in [0.25, 0.3) is 0 Å². The van der Waals surface area contributed by atoms with Crippen molar-refractivity contribution in [2.75, 3.05) is 0 Å². The Balaban J connectivity index is 0.000000146. The van der Waals surface area contributed by atoms with E-state index in [-0.39, 0.29) is 0 Å². The molecule has 0 nitrogen and oxygen atoms in total. The highest BCUT2D eigenvalue weighted by atomic mass is 15.1. The molecule has 1 spiro atoms. The van der Waals surface area contributed by atoms with E-state index >= 15 is 0 Å². The quantitative estimate of drug-likeness (QED) is 0.249. The summed E-state index contributed by atoms with van der Waals surface area (Å²) in [5.41, 5.74) is 8.81. The van der Waals surface area contributed by atoms with Crippen LogP contribution in [0.2, 0.25) is 0 Å². The molecule has 28 aliphatic rings. The van der Waals surface area contributed by atoms with Gasteiger partial charge in [0.15, 0.2) is 0 Å². The summed E-state index contributed by atoms with van der Waals surface area (Å²) in [5, 5.41) is 0. The molecule has 10 unspecified atom stereocenters. The Morgan fingerprint density at radius 2 is 0.539 bits per heavy atom. The molecule has 0 heterocycles. The minimum atomic E-state index is 0.500. The summed E-state index contributed by atoms with van der Waals surface area (Å²) in [6, 6.07) is 0. The summed E-state index contributed by atoms with van der Waals surface area (Å²) >= 11 is 0. The van der Waals surface area contributed by atoms with Gasteiger partial charge in [-0.15, -0.1) is 0 Å². The second-order valence-corrected chi connectivity index (χ2v) is 66.0. The summed E-state index contributed by atoms with van der Waals surface area (Å²) in [7, 11) is 0. The first-order valence-electron chi connectivity index (χ1n) is 58.9. The fourth-order valence-electron chi connectivity index (χ4n) is 34.5. The molecule has 28 saturated carbocycles. The van der Waals surface area contributed by atoms with Crippen LogP contribution in [0.4, 0.5) is 0 Å². The summed E-state index contributed by atoms with van der Waals surface area (Å²) in [5.74, 6) is 29.1. The van der Waals surface area contributed by atoms with Crippen LogP contribution >= 0.6 is 0 Å². The summed E-state index contributed by atoms with van der Waals surface area (Å²) in [6.07, 6.45) is 83.7. The van der Waals surface area contributed by atoms with E-state index in [0.717, 1.165) is 105 Å². The average Bonchev–Trinajstić information content (AvgIpc) is 0.620. The zero-order valence-corrected chi connectivity index (χ0v) is 94.6. The van der Waals surface area contributed by atoms with Crippen LogP contribution in [0.3, 0.4) is 0 Å². The lowest BCUT2D eigenvalue weighted by atomic mass is 8.96. The van der Waals surface area contributed by atoms with E-state index in [1.54, 1.807) is 218 Å². The molecule has 0 aromatic heterocycles. The number of fused-ring (bicyclic) bond motifs is 9. The van der Waals surface area contributed by atoms with E-state index in [1.807, 2.05) is 0 Å². The predicted molar refractivity (Wildman–Crippen MR) is 569 cm³/mol. The van der Waals surface area contributed by atoms with Crippen molar-refractivity contribution >= 4 is 0 Å². The molecule has 750 valence electrons. The molecular weight excluding hydrogens is 1540 g/mol. The topological polar surface area (TPSA) is 0 Å². The van der Waals surface area contributed by atoms with E-state index in [1.165, 1.54) is 194 Å². The maximum absolute atomic E-state index is 2.52. The van der Waals surface area contributed by atoms with Crippen molar-refractivity contribution in [1.29, 1.82) is 0 Å². The Bertz CT molecular complexity index is 2880. The van der Waals surface area contributed by atoms with Gasteiger partial charge in [0.2, 0.25) is 0 Å². The molecule has 14 bridgehead atoms. The molecule has 0 N–H and O–H groups in total. The molecule has 0 radical (unpaired) electrons. The zero-order valence-electron chi connectivity index (χ0n) is 94.6. The van der Waals surface area contributed by atoms with Gasteiger partial charge in [-0.3, -0.25) is 0 Å². The Labute approximate surface area is 807 Å². The van der Waals surface area contributed by atoms with Crippen LogP contribution in [0.15, 0.2) is 0 Å². The lowest BCUT2D eigenvalue weighted by Gasteiger charge is -3.08. The largest absolute Gasteiger partial charge is 0.0620 e. The van der Waals surface area contributed by atoms with Gasteiger partial charge >= 0.3 is 0 Å². The van der Waals surface area contributed by atoms with Crippen LogP contribution < -0.4 is 0 Å². The van der Waals surface area contributed by atoms with E-state index in [9.17, 15) is 0 Å². The summed E-state index contributed by atoms with van der Waals surface area (Å²) in [6.45, 7) is 80.3. The Morgan fingerprint density at radius 1 is 0.250 bits per heavy atom. The second kappa shape index (κ2) is 44.4. The molecular formula is C128H238. The first-order valence-corrected chi connectivity index (χ1v) is 58.9. The smallest absolute Gasteiger partial charge is 0.0191 e. The van der Waals surface area contributed by atoms with Crippen LogP contribution in [0, 0.1) is 224 Å². The van der Waals surface area contributed by atoms with Crippen LogP contribution in [0.5, 0.6) is 0 Å². The fourth-order valence-corrected chi connectivity index (χ4v) is 34.5. The van der Waals surface area contributed by atoms with E-state index < -0.39 is 0 Å². The normalized spacial score (nSPS) is 40.9. The third kappa shape index (κ3) is 33.3. The van der Waals surface area contributed by atoms with E-state index in [4.69, 9.17) is 0 Å². The first kappa shape index (κ1) is 110. The molecule has 128 heavy (non-hydrogen) atoms. The van der Waals surface area contributed by atoms with Crippen LogP contribution in [-0.4, -0.2) is 0 Å². The lowest BCUT2D eigenvalue weighted by Crippen LogP contribution is -3.05. The van der Waals surface area contributed by atoms with Gasteiger partial charge in [0, 0.05) is 0 Å². The molecule has 0 aromatic carbocycles. The first-order chi connectivity index (χ1) is 58.9. The molecule has 28 rings (SSSR count). The number of rotatable bonds is 6. The van der Waals surface area contributed by atoms with Gasteiger partial charge in [-0.1, -0.05) is 403 Å². The number of hydrogen-bond donors (Lipinski definition) is 0. The highest BCUT2D eigenvalue weighted by molar-refractivity contribution is 5.50. The third-order valence-electron chi connectivity index (χ3n) is 38.4. The van der Waals surface area contributed by atoms with Crippen molar-refractivity contribution in [1.82, 2.24) is 0 Å². The maximum Gasteiger partial charge on any atom is -0.0191 e. The molecule has 28 aliphatic carbocycles.